The zero-order valence-corrected chi connectivity index (χ0v) is 14.4. The highest BCUT2D eigenvalue weighted by molar-refractivity contribution is 6.33. The Hall–Kier alpha value is -0.970. The van der Waals surface area contributed by atoms with Crippen LogP contribution in [-0.4, -0.2) is 44.7 Å². The van der Waals surface area contributed by atoms with Crippen molar-refractivity contribution < 1.29 is 9.53 Å². The quantitative estimate of drug-likeness (QED) is 0.581. The molecule has 120 valence electrons. The highest BCUT2D eigenvalue weighted by atomic mass is 35.5. The van der Waals surface area contributed by atoms with Crippen LogP contribution >= 0.6 is 24.0 Å². The Morgan fingerprint density at radius 1 is 1.38 bits per heavy atom. The molecule has 6 heteroatoms. The SMILES string of the molecule is CCCCNc1ccc(C(=O)OCCN(C)C)c(Cl)c1.Cl. The molecule has 21 heavy (non-hydrogen) atoms. The highest BCUT2D eigenvalue weighted by Crippen LogP contribution is 2.21. The van der Waals surface area contributed by atoms with Gasteiger partial charge in [0.05, 0.1) is 10.6 Å². The molecule has 0 fully saturated rings. The van der Waals surface area contributed by atoms with E-state index in [0.717, 1.165) is 25.1 Å². The van der Waals surface area contributed by atoms with Crippen molar-refractivity contribution >= 4 is 35.7 Å². The van der Waals surface area contributed by atoms with E-state index in [1.54, 1.807) is 12.1 Å². The monoisotopic (exact) mass is 334 g/mol. The maximum atomic E-state index is 11.9. The number of ether oxygens (including phenoxy) is 1. The fourth-order valence-corrected chi connectivity index (χ4v) is 1.86. The van der Waals surface area contributed by atoms with Gasteiger partial charge in [0.1, 0.15) is 6.61 Å². The molecule has 0 atom stereocenters. The van der Waals surface area contributed by atoms with Crippen LogP contribution in [0.15, 0.2) is 18.2 Å². The molecular weight excluding hydrogens is 311 g/mol. The van der Waals surface area contributed by atoms with Crippen LogP contribution < -0.4 is 5.32 Å². The number of nitrogens with zero attached hydrogens (tertiary/aromatic N) is 1. The van der Waals surface area contributed by atoms with Gasteiger partial charge < -0.3 is 15.0 Å². The van der Waals surface area contributed by atoms with Crippen molar-refractivity contribution in [2.75, 3.05) is 39.1 Å². The van der Waals surface area contributed by atoms with Crippen LogP contribution in [0.5, 0.6) is 0 Å². The summed E-state index contributed by atoms with van der Waals surface area (Å²) >= 11 is 6.13. The van der Waals surface area contributed by atoms with Gasteiger partial charge in [-0.3, -0.25) is 0 Å². The molecule has 0 unspecified atom stereocenters. The van der Waals surface area contributed by atoms with E-state index in [-0.39, 0.29) is 18.4 Å². The number of hydrogen-bond acceptors (Lipinski definition) is 4. The molecule has 1 N–H and O–H groups in total. The van der Waals surface area contributed by atoms with Gasteiger partial charge in [-0.25, -0.2) is 4.79 Å². The lowest BCUT2D eigenvalue weighted by atomic mass is 10.2. The van der Waals surface area contributed by atoms with Gasteiger partial charge in [-0.05, 0) is 38.7 Å². The van der Waals surface area contributed by atoms with Crippen molar-refractivity contribution in [2.45, 2.75) is 19.8 Å². The molecular formula is C15H24Cl2N2O2. The first-order valence-corrected chi connectivity index (χ1v) is 7.27. The van der Waals surface area contributed by atoms with E-state index in [1.807, 2.05) is 25.1 Å². The third-order valence-corrected chi connectivity index (χ3v) is 3.13. The summed E-state index contributed by atoms with van der Waals surface area (Å²) in [4.78, 5) is 13.8. The van der Waals surface area contributed by atoms with Crippen molar-refractivity contribution in [1.82, 2.24) is 4.90 Å². The van der Waals surface area contributed by atoms with Crippen LogP contribution in [0.3, 0.4) is 0 Å². The number of likely N-dealkylation sites (N-methyl/N-ethyl adjacent to an activating group) is 1. The fourth-order valence-electron chi connectivity index (χ4n) is 1.60. The minimum atomic E-state index is -0.378. The number of carbonyl (C=O) groups is 1. The number of carbonyl (C=O) groups excluding carboxylic acids is 1. The molecule has 0 heterocycles. The minimum Gasteiger partial charge on any atom is -0.461 e. The summed E-state index contributed by atoms with van der Waals surface area (Å²) in [6.07, 6.45) is 2.24. The van der Waals surface area contributed by atoms with Crippen molar-refractivity contribution in [1.29, 1.82) is 0 Å². The summed E-state index contributed by atoms with van der Waals surface area (Å²) < 4.78 is 5.17. The first-order chi connectivity index (χ1) is 9.54. The summed E-state index contributed by atoms with van der Waals surface area (Å²) in [6.45, 7) is 4.10. The van der Waals surface area contributed by atoms with Crippen LogP contribution in [0, 0.1) is 0 Å². The number of halogens is 2. The van der Waals surface area contributed by atoms with E-state index in [4.69, 9.17) is 16.3 Å². The third kappa shape index (κ3) is 7.55. The predicted molar refractivity (Wildman–Crippen MR) is 90.9 cm³/mol. The lowest BCUT2D eigenvalue weighted by Crippen LogP contribution is -2.20. The van der Waals surface area contributed by atoms with E-state index < -0.39 is 0 Å². The first-order valence-electron chi connectivity index (χ1n) is 6.90. The summed E-state index contributed by atoms with van der Waals surface area (Å²) in [6, 6.07) is 5.32. The molecule has 0 aliphatic rings. The lowest BCUT2D eigenvalue weighted by Gasteiger charge is -2.11. The lowest BCUT2D eigenvalue weighted by molar-refractivity contribution is 0.0482. The molecule has 0 aliphatic heterocycles. The maximum Gasteiger partial charge on any atom is 0.339 e. The van der Waals surface area contributed by atoms with Crippen molar-refractivity contribution in [3.05, 3.63) is 28.8 Å². The molecule has 1 aromatic carbocycles. The van der Waals surface area contributed by atoms with Gasteiger partial charge in [-0.1, -0.05) is 24.9 Å². The normalized spacial score (nSPS) is 10.1. The second kappa shape index (κ2) is 10.7. The molecule has 1 rings (SSSR count). The molecule has 0 aromatic heterocycles. The summed E-state index contributed by atoms with van der Waals surface area (Å²) in [7, 11) is 3.86. The van der Waals surface area contributed by atoms with Crippen molar-refractivity contribution in [3.63, 3.8) is 0 Å². The molecule has 4 nitrogen and oxygen atoms in total. The first kappa shape index (κ1) is 20.0. The molecule has 0 bridgehead atoms. The minimum absolute atomic E-state index is 0. The Morgan fingerprint density at radius 2 is 2.10 bits per heavy atom. The van der Waals surface area contributed by atoms with E-state index in [2.05, 4.69) is 12.2 Å². The molecule has 0 spiro atoms. The van der Waals surface area contributed by atoms with E-state index in [1.165, 1.54) is 0 Å². The van der Waals surface area contributed by atoms with E-state index in [9.17, 15) is 4.79 Å². The van der Waals surface area contributed by atoms with Crippen LogP contribution in [0.2, 0.25) is 5.02 Å². The molecule has 0 saturated heterocycles. The number of rotatable bonds is 8. The highest BCUT2D eigenvalue weighted by Gasteiger charge is 2.12. The molecule has 0 amide bonds. The number of esters is 1. The number of nitrogens with one attached hydrogen (secondary N) is 1. The van der Waals surface area contributed by atoms with Crippen LogP contribution in [-0.2, 0) is 4.74 Å². The molecule has 0 radical (unpaired) electrons. The van der Waals surface area contributed by atoms with Crippen molar-refractivity contribution in [3.8, 4) is 0 Å². The smallest absolute Gasteiger partial charge is 0.339 e. The Kier molecular flexibility index (Phi) is 10.2. The fraction of sp³-hybridized carbons (Fsp3) is 0.533. The molecule has 1 aromatic rings. The number of benzene rings is 1. The third-order valence-electron chi connectivity index (χ3n) is 2.82. The zero-order valence-electron chi connectivity index (χ0n) is 12.8. The Morgan fingerprint density at radius 3 is 2.67 bits per heavy atom. The number of anilines is 1. The van der Waals surface area contributed by atoms with Crippen LogP contribution in [0.25, 0.3) is 0 Å². The van der Waals surface area contributed by atoms with Gasteiger partial charge in [0.25, 0.3) is 0 Å². The topological polar surface area (TPSA) is 41.6 Å². The van der Waals surface area contributed by atoms with Crippen molar-refractivity contribution in [2.24, 2.45) is 0 Å². The zero-order chi connectivity index (χ0) is 15.0. The summed E-state index contributed by atoms with van der Waals surface area (Å²) in [5.41, 5.74) is 1.33. The van der Waals surface area contributed by atoms with Crippen LogP contribution in [0.4, 0.5) is 5.69 Å². The summed E-state index contributed by atoms with van der Waals surface area (Å²) in [5.74, 6) is -0.378. The maximum absolute atomic E-state index is 11.9. The number of hydrogen-bond donors (Lipinski definition) is 1. The summed E-state index contributed by atoms with van der Waals surface area (Å²) in [5, 5.41) is 3.69. The van der Waals surface area contributed by atoms with E-state index >= 15 is 0 Å². The predicted octanol–water partition coefficient (Wildman–Crippen LogP) is 3.69. The van der Waals surface area contributed by atoms with Gasteiger partial charge in [0, 0.05) is 18.8 Å². The number of unbranched alkanes of at least 4 members (excludes halogenated alkanes) is 1. The Balaban J connectivity index is 0.00000400. The van der Waals surface area contributed by atoms with Gasteiger partial charge in [-0.2, -0.15) is 0 Å². The van der Waals surface area contributed by atoms with Crippen LogP contribution in [0.1, 0.15) is 30.1 Å². The average molecular weight is 335 g/mol. The molecule has 0 aliphatic carbocycles. The van der Waals surface area contributed by atoms with Gasteiger partial charge in [0.15, 0.2) is 0 Å². The van der Waals surface area contributed by atoms with Gasteiger partial charge >= 0.3 is 5.97 Å². The van der Waals surface area contributed by atoms with E-state index in [0.29, 0.717) is 23.7 Å². The van der Waals surface area contributed by atoms with Gasteiger partial charge in [0.2, 0.25) is 0 Å². The van der Waals surface area contributed by atoms with Gasteiger partial charge in [-0.15, -0.1) is 12.4 Å². The second-order valence-corrected chi connectivity index (χ2v) is 5.32. The Labute approximate surface area is 138 Å². The average Bonchev–Trinajstić information content (AvgIpc) is 2.38. The second-order valence-electron chi connectivity index (χ2n) is 4.91. The standard InChI is InChI=1S/C15H23ClN2O2.ClH/c1-4-5-8-17-12-6-7-13(14(16)11-12)15(19)20-10-9-18(2)3;/h6-7,11,17H,4-5,8-10H2,1-3H3;1H. The molecule has 0 saturated carbocycles. The largest absolute Gasteiger partial charge is 0.461 e. The Bertz CT molecular complexity index is 440.